The molecule has 5 aliphatic carbocycles. The predicted octanol–water partition coefficient (Wildman–Crippen LogP) is 7.58. The van der Waals surface area contributed by atoms with Gasteiger partial charge in [0, 0.05) is 36.9 Å². The van der Waals surface area contributed by atoms with Crippen LogP contribution in [0.25, 0.3) is 0 Å². The Morgan fingerprint density at radius 2 is 1.67 bits per heavy atom. The molecular formula is C41H66N2O5. The number of carbonyl (C=O) groups excluding carboxylic acids is 2. The molecule has 48 heavy (non-hydrogen) atoms. The minimum atomic E-state index is -1.14. The van der Waals surface area contributed by atoms with Crippen LogP contribution in [0, 0.1) is 62.1 Å². The quantitative estimate of drug-likeness (QED) is 0.163. The SMILES string of the molecule is CC(C)C1=C2[C@H]3CCC4[C@@]5(C)CC[C@H](OC(=O)CC(C)(C)C(=O)O)C(C)(C)[C@@H]5CC[C@@]4(C)[C@]3(C)CC[C@@]2(CCNCC2CNC2)CC1=O. The van der Waals surface area contributed by atoms with Crippen molar-refractivity contribution < 1.29 is 24.2 Å². The fraction of sp³-hybridized carbons (Fsp3) is 0.878. The lowest BCUT2D eigenvalue weighted by molar-refractivity contribution is -0.233. The van der Waals surface area contributed by atoms with Crippen LogP contribution < -0.4 is 10.6 Å². The van der Waals surface area contributed by atoms with Crippen molar-refractivity contribution in [3.63, 3.8) is 0 Å². The topological polar surface area (TPSA) is 105 Å². The average Bonchev–Trinajstić information content (AvgIpc) is 3.25. The maximum absolute atomic E-state index is 13.9. The van der Waals surface area contributed by atoms with Gasteiger partial charge in [-0.2, -0.15) is 0 Å². The summed E-state index contributed by atoms with van der Waals surface area (Å²) in [5.74, 6) is 1.56. The molecule has 1 saturated heterocycles. The van der Waals surface area contributed by atoms with Gasteiger partial charge in [0.25, 0.3) is 0 Å². The van der Waals surface area contributed by atoms with Crippen molar-refractivity contribution in [3.05, 3.63) is 11.1 Å². The van der Waals surface area contributed by atoms with Crippen molar-refractivity contribution in [2.45, 2.75) is 139 Å². The van der Waals surface area contributed by atoms with Crippen LogP contribution in [0.15, 0.2) is 11.1 Å². The third-order valence-corrected chi connectivity index (χ3v) is 16.0. The van der Waals surface area contributed by atoms with Crippen LogP contribution in [0.2, 0.25) is 0 Å². The van der Waals surface area contributed by atoms with E-state index in [1.165, 1.54) is 31.3 Å². The fourth-order valence-corrected chi connectivity index (χ4v) is 13.0. The summed E-state index contributed by atoms with van der Waals surface area (Å²) in [5.41, 5.74) is 1.93. The van der Waals surface area contributed by atoms with E-state index < -0.39 is 11.4 Å². The van der Waals surface area contributed by atoms with Crippen LogP contribution in [-0.2, 0) is 19.1 Å². The molecule has 1 aliphatic heterocycles. The lowest BCUT2D eigenvalue weighted by atomic mass is 9.33. The Kier molecular flexibility index (Phi) is 9.17. The minimum Gasteiger partial charge on any atom is -0.481 e. The van der Waals surface area contributed by atoms with E-state index in [0.717, 1.165) is 64.2 Å². The molecule has 0 aromatic rings. The summed E-state index contributed by atoms with van der Waals surface area (Å²) in [6.07, 6.45) is 10.3. The molecule has 0 aromatic carbocycles. The number of nitrogens with one attached hydrogen (secondary N) is 2. The summed E-state index contributed by atoms with van der Waals surface area (Å²) < 4.78 is 6.17. The lowest BCUT2D eigenvalue weighted by Gasteiger charge is -2.72. The van der Waals surface area contributed by atoms with Crippen molar-refractivity contribution in [2.75, 3.05) is 26.2 Å². The maximum Gasteiger partial charge on any atom is 0.309 e. The van der Waals surface area contributed by atoms with Crippen molar-refractivity contribution in [1.29, 1.82) is 0 Å². The summed E-state index contributed by atoms with van der Waals surface area (Å²) in [6.45, 7) is 24.4. The van der Waals surface area contributed by atoms with Gasteiger partial charge < -0.3 is 20.5 Å². The molecule has 1 unspecified atom stereocenters. The number of ether oxygens (including phenoxy) is 1. The van der Waals surface area contributed by atoms with Crippen LogP contribution in [0.4, 0.5) is 0 Å². The largest absolute Gasteiger partial charge is 0.481 e. The third-order valence-electron chi connectivity index (χ3n) is 16.0. The first kappa shape index (κ1) is 36.1. The molecule has 0 bridgehead atoms. The molecule has 0 amide bonds. The van der Waals surface area contributed by atoms with E-state index in [1.807, 2.05) is 0 Å². The molecule has 6 rings (SSSR count). The van der Waals surface area contributed by atoms with E-state index in [9.17, 15) is 19.5 Å². The van der Waals surface area contributed by atoms with E-state index in [1.54, 1.807) is 19.4 Å². The number of ketones is 1. The number of esters is 1. The second-order valence-electron chi connectivity index (χ2n) is 19.7. The van der Waals surface area contributed by atoms with Crippen LogP contribution in [0.5, 0.6) is 0 Å². The average molecular weight is 667 g/mol. The van der Waals surface area contributed by atoms with E-state index in [0.29, 0.717) is 30.0 Å². The zero-order chi connectivity index (χ0) is 35.1. The number of aliphatic carboxylic acids is 1. The van der Waals surface area contributed by atoms with Gasteiger partial charge in [-0.25, -0.2) is 0 Å². The number of fused-ring (bicyclic) bond motifs is 7. The van der Waals surface area contributed by atoms with Crippen LogP contribution in [0.3, 0.4) is 0 Å². The van der Waals surface area contributed by atoms with Gasteiger partial charge in [-0.15, -0.1) is 0 Å². The van der Waals surface area contributed by atoms with Gasteiger partial charge in [-0.3, -0.25) is 14.4 Å². The summed E-state index contributed by atoms with van der Waals surface area (Å²) in [4.78, 5) is 38.7. The summed E-state index contributed by atoms with van der Waals surface area (Å²) in [7, 11) is 0. The summed E-state index contributed by atoms with van der Waals surface area (Å²) >= 11 is 0. The lowest BCUT2D eigenvalue weighted by Crippen LogP contribution is -2.65. The molecule has 7 nitrogen and oxygen atoms in total. The summed E-state index contributed by atoms with van der Waals surface area (Å²) in [5, 5.41) is 16.8. The van der Waals surface area contributed by atoms with E-state index in [4.69, 9.17) is 4.74 Å². The molecule has 270 valence electrons. The number of hydrogen-bond donors (Lipinski definition) is 3. The number of Topliss-reactive ketones (excluding diaryl/α,β-unsaturated/α-hetero) is 1. The Labute approximate surface area is 290 Å². The molecule has 6 aliphatic rings. The Morgan fingerprint density at radius 3 is 2.29 bits per heavy atom. The second-order valence-corrected chi connectivity index (χ2v) is 19.7. The van der Waals surface area contributed by atoms with Crippen molar-refractivity contribution in [2.24, 2.45) is 62.1 Å². The molecule has 0 radical (unpaired) electrons. The first-order valence-electron chi connectivity index (χ1n) is 19.4. The number of carboxylic acid groups (broad SMARTS) is 1. The van der Waals surface area contributed by atoms with Crippen LogP contribution in [-0.4, -0.2) is 55.1 Å². The highest BCUT2D eigenvalue weighted by molar-refractivity contribution is 6.00. The molecule has 3 N–H and O–H groups in total. The minimum absolute atomic E-state index is 0.0230. The number of carboxylic acids is 1. The van der Waals surface area contributed by atoms with E-state index in [2.05, 4.69) is 59.1 Å². The molecule has 4 saturated carbocycles. The number of rotatable bonds is 10. The zero-order valence-electron chi connectivity index (χ0n) is 31.7. The monoisotopic (exact) mass is 666 g/mol. The van der Waals surface area contributed by atoms with E-state index >= 15 is 0 Å². The molecular weight excluding hydrogens is 600 g/mol. The molecule has 0 aromatic heterocycles. The highest BCUT2D eigenvalue weighted by Crippen LogP contribution is 2.77. The van der Waals surface area contributed by atoms with Gasteiger partial charge in [-0.1, -0.05) is 54.0 Å². The molecule has 5 fully saturated rings. The van der Waals surface area contributed by atoms with Gasteiger partial charge in [0.1, 0.15) is 6.10 Å². The van der Waals surface area contributed by atoms with Crippen LogP contribution >= 0.6 is 0 Å². The number of carbonyl (C=O) groups is 3. The Balaban J connectivity index is 1.25. The predicted molar refractivity (Wildman–Crippen MR) is 189 cm³/mol. The molecule has 1 heterocycles. The highest BCUT2D eigenvalue weighted by atomic mass is 16.5. The first-order valence-corrected chi connectivity index (χ1v) is 19.4. The van der Waals surface area contributed by atoms with Gasteiger partial charge in [0.2, 0.25) is 0 Å². The fourth-order valence-electron chi connectivity index (χ4n) is 13.0. The van der Waals surface area contributed by atoms with Crippen molar-refractivity contribution in [3.8, 4) is 0 Å². The van der Waals surface area contributed by atoms with Gasteiger partial charge in [0.05, 0.1) is 11.8 Å². The zero-order valence-corrected chi connectivity index (χ0v) is 31.7. The Hall–Kier alpha value is -1.73. The second kappa shape index (κ2) is 12.2. The maximum atomic E-state index is 13.9. The standard InChI is InChI=1S/C41H66N2O5/c1-25(2)33-28(44)20-41(18-19-42-22-26-23-43-24-26)17-16-39(8)27(34(33)41)10-11-30-38(7)14-13-31(48-32(45)21-36(3,4)35(46)47)37(5,6)29(38)12-15-40(30,39)9/h25-27,29-31,42-43H,10-24H2,1-9H3,(H,46,47)/t27-,29+,30?,31+,38+,39-,40-,41-/m1/s1. The first-order chi connectivity index (χ1) is 22.3. The Morgan fingerprint density at radius 1 is 0.958 bits per heavy atom. The third kappa shape index (κ3) is 5.45. The van der Waals surface area contributed by atoms with Crippen LogP contribution in [0.1, 0.15) is 133 Å². The molecule has 8 atom stereocenters. The molecule has 0 spiro atoms. The Bertz CT molecular complexity index is 1350. The normalized spacial score (nSPS) is 40.8. The van der Waals surface area contributed by atoms with Crippen molar-refractivity contribution >= 4 is 17.7 Å². The highest BCUT2D eigenvalue weighted by Gasteiger charge is 2.70. The number of hydrogen-bond acceptors (Lipinski definition) is 6. The van der Waals surface area contributed by atoms with Crippen molar-refractivity contribution in [1.82, 2.24) is 10.6 Å². The van der Waals surface area contributed by atoms with E-state index in [-0.39, 0.29) is 51.5 Å². The summed E-state index contributed by atoms with van der Waals surface area (Å²) in [6, 6.07) is 0. The smallest absolute Gasteiger partial charge is 0.309 e. The van der Waals surface area contributed by atoms with Gasteiger partial charge in [-0.05, 0) is 130 Å². The molecule has 7 heteroatoms. The number of allylic oxidation sites excluding steroid dienone is 2. The van der Waals surface area contributed by atoms with Gasteiger partial charge in [0.15, 0.2) is 5.78 Å². The van der Waals surface area contributed by atoms with Gasteiger partial charge >= 0.3 is 11.9 Å².